The second-order valence-corrected chi connectivity index (χ2v) is 7.88. The average Bonchev–Trinajstić information content (AvgIpc) is 3.41. The summed E-state index contributed by atoms with van der Waals surface area (Å²) in [6.07, 6.45) is 3.09. The fourth-order valence-electron chi connectivity index (χ4n) is 3.26. The van der Waals surface area contributed by atoms with Crippen LogP contribution in [0.25, 0.3) is 21.1 Å². The van der Waals surface area contributed by atoms with E-state index in [0.29, 0.717) is 23.1 Å². The summed E-state index contributed by atoms with van der Waals surface area (Å²) in [6, 6.07) is 9.54. The van der Waals surface area contributed by atoms with Crippen LogP contribution in [0.4, 0.5) is 29.0 Å². The van der Waals surface area contributed by atoms with Crippen LogP contribution in [-0.2, 0) is 0 Å². The van der Waals surface area contributed by atoms with Gasteiger partial charge in [0.25, 0.3) is 4.92 Å². The number of aryl methyl sites for hydroxylation is 1. The molecule has 10 nitrogen and oxygen atoms in total. The van der Waals surface area contributed by atoms with Gasteiger partial charge in [0.1, 0.15) is 12.0 Å². The fraction of sp³-hybridized carbons (Fsp3) is 0.100. The molecule has 4 heterocycles. The minimum atomic E-state index is -0.196. The van der Waals surface area contributed by atoms with E-state index in [1.54, 1.807) is 42.5 Å². The summed E-state index contributed by atoms with van der Waals surface area (Å²) < 4.78 is 0.936. The lowest BCUT2D eigenvalue weighted by atomic mass is 10.2. The Hall–Kier alpha value is -4.12. The van der Waals surface area contributed by atoms with Gasteiger partial charge in [-0.2, -0.15) is 10.1 Å². The minimum absolute atomic E-state index is 0.0864. The van der Waals surface area contributed by atoms with Gasteiger partial charge in [-0.3, -0.25) is 10.00 Å². The normalized spacial score (nSPS) is 11.2. The van der Waals surface area contributed by atoms with Gasteiger partial charge in [0.15, 0.2) is 5.82 Å². The molecule has 4 aromatic heterocycles. The van der Waals surface area contributed by atoms with Crippen LogP contribution in [-0.4, -0.2) is 42.3 Å². The van der Waals surface area contributed by atoms with Crippen molar-refractivity contribution in [2.75, 3.05) is 17.3 Å². The number of fused-ring (bicyclic) bond motifs is 2. The Bertz CT molecular complexity index is 1440. The summed E-state index contributed by atoms with van der Waals surface area (Å²) in [5.41, 5.74) is 3.32. The highest BCUT2D eigenvalue weighted by atomic mass is 32.1. The summed E-state index contributed by atoms with van der Waals surface area (Å²) in [6.45, 7) is 1.72. The molecule has 0 atom stereocenters. The maximum absolute atomic E-state index is 11.2. The molecule has 3 N–H and O–H groups in total. The molecule has 0 spiro atoms. The lowest BCUT2D eigenvalue weighted by Gasteiger charge is -2.17. The highest BCUT2D eigenvalue weighted by Crippen LogP contribution is 2.32. The molecule has 31 heavy (non-hydrogen) atoms. The number of anilines is 4. The third kappa shape index (κ3) is 3.40. The van der Waals surface area contributed by atoms with Gasteiger partial charge in [0.05, 0.1) is 26.8 Å². The van der Waals surface area contributed by atoms with E-state index in [9.17, 15) is 4.91 Å². The fourth-order valence-corrected chi connectivity index (χ4v) is 4.04. The van der Waals surface area contributed by atoms with E-state index >= 15 is 0 Å². The predicted octanol–water partition coefficient (Wildman–Crippen LogP) is 4.58. The van der Waals surface area contributed by atoms with E-state index in [1.165, 1.54) is 6.20 Å². The van der Waals surface area contributed by atoms with Crippen LogP contribution in [0.5, 0.6) is 0 Å². The molecule has 11 heteroatoms. The van der Waals surface area contributed by atoms with E-state index < -0.39 is 0 Å². The zero-order valence-electron chi connectivity index (χ0n) is 16.6. The third-order valence-electron chi connectivity index (χ3n) is 4.91. The van der Waals surface area contributed by atoms with Gasteiger partial charge < -0.3 is 5.32 Å². The number of nitrogens with zero attached hydrogens (tertiary/aromatic N) is 6. The van der Waals surface area contributed by atoms with Crippen LogP contribution in [0.1, 0.15) is 5.56 Å². The first-order valence-electron chi connectivity index (χ1n) is 9.31. The van der Waals surface area contributed by atoms with Crippen LogP contribution in [0.3, 0.4) is 0 Å². The maximum atomic E-state index is 11.2. The van der Waals surface area contributed by atoms with Crippen LogP contribution < -0.4 is 10.2 Å². The van der Waals surface area contributed by atoms with Crippen molar-refractivity contribution < 1.29 is 10.1 Å². The number of thiophene rings is 1. The topological polar surface area (TPSA) is 123 Å². The Morgan fingerprint density at radius 1 is 1.19 bits per heavy atom. The van der Waals surface area contributed by atoms with Crippen molar-refractivity contribution in [3.8, 4) is 0 Å². The Balaban J connectivity index is 1.54. The highest BCUT2D eigenvalue weighted by molar-refractivity contribution is 7.17. The molecule has 1 aromatic carbocycles. The first kappa shape index (κ1) is 18.9. The molecule has 0 aliphatic rings. The van der Waals surface area contributed by atoms with Crippen molar-refractivity contribution in [3.63, 3.8) is 0 Å². The quantitative estimate of drug-likeness (QED) is 0.344. The molecular weight excluding hydrogens is 416 g/mol. The van der Waals surface area contributed by atoms with Gasteiger partial charge in [0.2, 0.25) is 5.95 Å². The second-order valence-electron chi connectivity index (χ2n) is 6.97. The monoisotopic (exact) mass is 433 g/mol. The molecule has 0 saturated heterocycles. The first-order chi connectivity index (χ1) is 15.0. The standard InChI is InChI=1S/C20H17N8O2S/c1-11-7-17(21-10-16(11)28(29)30)27(2)20-24-15-5-6-31-18(15)19(25-20)23-13-3-4-14-12(8-13)9-22-26-14/h3-10H,1-2H3,(H,22,26)(H,29,30)(H,23,24,25)/q+1. The van der Waals surface area contributed by atoms with Crippen molar-refractivity contribution in [1.29, 1.82) is 0 Å². The molecule has 5 aromatic rings. The van der Waals surface area contributed by atoms with Crippen LogP contribution in [0.15, 0.2) is 48.1 Å². The van der Waals surface area contributed by atoms with Gasteiger partial charge in [-0.25, -0.2) is 15.2 Å². The molecule has 0 aliphatic heterocycles. The van der Waals surface area contributed by atoms with Crippen molar-refractivity contribution in [2.24, 2.45) is 0 Å². The molecule has 0 unspecified atom stereocenters. The number of rotatable bonds is 5. The molecule has 0 bridgehead atoms. The molecule has 0 saturated carbocycles. The SMILES string of the molecule is Cc1cc(N(C)c2nc(Nc3ccc4[nH]ncc4c3)c3sccc3n2)ncc1[N+](=O)O. The Morgan fingerprint density at radius 3 is 2.87 bits per heavy atom. The first-order valence-corrected chi connectivity index (χ1v) is 10.2. The summed E-state index contributed by atoms with van der Waals surface area (Å²) in [5, 5.41) is 22.5. The van der Waals surface area contributed by atoms with E-state index in [0.717, 1.165) is 26.8 Å². The van der Waals surface area contributed by atoms with Crippen molar-refractivity contribution in [2.45, 2.75) is 6.92 Å². The Kier molecular flexibility index (Phi) is 4.44. The number of aromatic amines is 1. The third-order valence-corrected chi connectivity index (χ3v) is 5.82. The number of nitrogens with one attached hydrogen (secondary N) is 2. The number of benzene rings is 1. The summed E-state index contributed by atoms with van der Waals surface area (Å²) in [4.78, 5) is 26.4. The summed E-state index contributed by atoms with van der Waals surface area (Å²) in [5.74, 6) is 1.67. The molecule has 0 aliphatic carbocycles. The van der Waals surface area contributed by atoms with Gasteiger partial charge in [-0.1, -0.05) is 0 Å². The maximum Gasteiger partial charge on any atom is 0.337 e. The molecule has 154 valence electrons. The van der Waals surface area contributed by atoms with E-state index in [1.807, 2.05) is 29.6 Å². The molecule has 5 rings (SSSR count). The minimum Gasteiger partial charge on any atom is -0.339 e. The molecule has 0 radical (unpaired) electrons. The molecule has 0 fully saturated rings. The predicted molar refractivity (Wildman–Crippen MR) is 119 cm³/mol. The van der Waals surface area contributed by atoms with Gasteiger partial charge in [-0.15, -0.1) is 11.3 Å². The molecule has 0 amide bonds. The second kappa shape index (κ2) is 7.29. The van der Waals surface area contributed by atoms with Crippen molar-refractivity contribution in [1.82, 2.24) is 25.1 Å². The van der Waals surface area contributed by atoms with Crippen LogP contribution in [0.2, 0.25) is 0 Å². The lowest BCUT2D eigenvalue weighted by molar-refractivity contribution is -0.730. The number of hydrogen-bond donors (Lipinski definition) is 3. The van der Waals surface area contributed by atoms with E-state index in [4.69, 9.17) is 10.2 Å². The van der Waals surface area contributed by atoms with Crippen LogP contribution in [0, 0.1) is 11.8 Å². The van der Waals surface area contributed by atoms with Crippen LogP contribution >= 0.6 is 11.3 Å². The van der Waals surface area contributed by atoms with Crippen molar-refractivity contribution >= 4 is 61.4 Å². The van der Waals surface area contributed by atoms with Gasteiger partial charge >= 0.3 is 5.69 Å². The zero-order valence-corrected chi connectivity index (χ0v) is 17.4. The number of aromatic nitrogens is 5. The van der Waals surface area contributed by atoms with E-state index in [2.05, 4.69) is 25.5 Å². The average molecular weight is 433 g/mol. The zero-order chi connectivity index (χ0) is 21.5. The van der Waals surface area contributed by atoms with Crippen molar-refractivity contribution in [3.05, 3.63) is 58.6 Å². The summed E-state index contributed by atoms with van der Waals surface area (Å²) >= 11 is 1.55. The highest BCUT2D eigenvalue weighted by Gasteiger charge is 2.20. The number of hydrogen-bond acceptors (Lipinski definition) is 8. The molecular formula is C20H17N8O2S+. The largest absolute Gasteiger partial charge is 0.339 e. The lowest BCUT2D eigenvalue weighted by Crippen LogP contribution is -2.15. The smallest absolute Gasteiger partial charge is 0.337 e. The summed E-state index contributed by atoms with van der Waals surface area (Å²) in [7, 11) is 1.80. The number of pyridine rings is 1. The van der Waals surface area contributed by atoms with Gasteiger partial charge in [0, 0.05) is 23.7 Å². The number of H-pyrrole nitrogens is 1. The Labute approximate surface area is 179 Å². The van der Waals surface area contributed by atoms with Gasteiger partial charge in [-0.05, 0) is 42.6 Å². The Morgan fingerprint density at radius 2 is 2.06 bits per heavy atom. The van der Waals surface area contributed by atoms with E-state index in [-0.39, 0.29) is 10.6 Å².